The molecular formula is C21H12N4O. The molecule has 0 saturated carbocycles. The molecule has 0 unspecified atom stereocenters. The maximum absolute atomic E-state index is 9.00. The molecule has 2 heterocycles. The third kappa shape index (κ3) is 2.98. The van der Waals surface area contributed by atoms with Crippen molar-refractivity contribution in [3.63, 3.8) is 0 Å². The summed E-state index contributed by atoms with van der Waals surface area (Å²) < 4.78 is 5.69. The second-order valence-corrected chi connectivity index (χ2v) is 5.72. The molecule has 26 heavy (non-hydrogen) atoms. The quantitative estimate of drug-likeness (QED) is 0.584. The predicted molar refractivity (Wildman–Crippen MR) is 97.5 cm³/mol. The standard InChI is InChI=1S/C21H12N4O/c22-11-14-2-6-18(7-3-14)26-21-8-5-17(13-24-21)20-10-16-4-1-15(12-23)9-19(16)25-20/h1-10,13,25H. The van der Waals surface area contributed by atoms with Crippen molar-refractivity contribution in [2.45, 2.75) is 0 Å². The van der Waals surface area contributed by atoms with E-state index in [4.69, 9.17) is 15.3 Å². The normalized spacial score (nSPS) is 10.2. The summed E-state index contributed by atoms with van der Waals surface area (Å²) in [6, 6.07) is 22.4. The summed E-state index contributed by atoms with van der Waals surface area (Å²) in [6.45, 7) is 0. The molecule has 0 aliphatic heterocycles. The second kappa shape index (κ2) is 6.43. The molecule has 4 aromatic rings. The van der Waals surface area contributed by atoms with Crippen LogP contribution in [0.4, 0.5) is 0 Å². The van der Waals surface area contributed by atoms with Gasteiger partial charge in [0.15, 0.2) is 0 Å². The SMILES string of the molecule is N#Cc1ccc(Oc2ccc(-c3cc4ccc(C#N)cc4[nH]3)cn2)cc1. The third-order valence-corrected chi connectivity index (χ3v) is 4.00. The van der Waals surface area contributed by atoms with E-state index in [1.54, 1.807) is 42.6 Å². The van der Waals surface area contributed by atoms with Gasteiger partial charge in [0, 0.05) is 34.4 Å². The number of fused-ring (bicyclic) bond motifs is 1. The summed E-state index contributed by atoms with van der Waals surface area (Å²) >= 11 is 0. The van der Waals surface area contributed by atoms with Gasteiger partial charge in [-0.25, -0.2) is 4.98 Å². The molecule has 0 spiro atoms. The largest absolute Gasteiger partial charge is 0.439 e. The fourth-order valence-corrected chi connectivity index (χ4v) is 2.67. The van der Waals surface area contributed by atoms with Gasteiger partial charge in [0.05, 0.1) is 23.3 Å². The number of aromatic nitrogens is 2. The summed E-state index contributed by atoms with van der Waals surface area (Å²) in [5.74, 6) is 1.10. The molecule has 0 atom stereocenters. The zero-order valence-corrected chi connectivity index (χ0v) is 13.6. The van der Waals surface area contributed by atoms with E-state index in [2.05, 4.69) is 22.1 Å². The van der Waals surface area contributed by atoms with Crippen LogP contribution in [0.15, 0.2) is 66.9 Å². The summed E-state index contributed by atoms with van der Waals surface area (Å²) in [6.07, 6.45) is 1.73. The number of benzene rings is 2. The highest BCUT2D eigenvalue weighted by Crippen LogP contribution is 2.26. The Morgan fingerprint density at radius 3 is 2.31 bits per heavy atom. The molecule has 0 radical (unpaired) electrons. The Morgan fingerprint density at radius 2 is 1.62 bits per heavy atom. The van der Waals surface area contributed by atoms with Crippen LogP contribution in [0.2, 0.25) is 0 Å². The van der Waals surface area contributed by atoms with Crippen molar-refractivity contribution in [3.05, 3.63) is 78.0 Å². The Labute approximate surface area is 149 Å². The maximum atomic E-state index is 9.00. The first-order chi connectivity index (χ1) is 12.7. The van der Waals surface area contributed by atoms with Gasteiger partial charge < -0.3 is 9.72 Å². The van der Waals surface area contributed by atoms with Crippen molar-refractivity contribution in [2.24, 2.45) is 0 Å². The first kappa shape index (κ1) is 15.4. The van der Waals surface area contributed by atoms with E-state index >= 15 is 0 Å². The van der Waals surface area contributed by atoms with Gasteiger partial charge in [0.1, 0.15) is 5.75 Å². The summed E-state index contributed by atoms with van der Waals surface area (Å²) in [5, 5.41) is 18.9. The first-order valence-electron chi connectivity index (χ1n) is 7.92. The van der Waals surface area contributed by atoms with E-state index in [1.165, 1.54) is 0 Å². The summed E-state index contributed by atoms with van der Waals surface area (Å²) in [7, 11) is 0. The Balaban J connectivity index is 1.57. The predicted octanol–water partition coefficient (Wildman–Crippen LogP) is 4.77. The maximum Gasteiger partial charge on any atom is 0.219 e. The summed E-state index contributed by atoms with van der Waals surface area (Å²) in [4.78, 5) is 7.64. The molecule has 5 heteroatoms. The number of hydrogen-bond acceptors (Lipinski definition) is 4. The Hall–Kier alpha value is -4.09. The molecule has 0 amide bonds. The Kier molecular flexibility index (Phi) is 3.82. The van der Waals surface area contributed by atoms with Gasteiger partial charge in [0.25, 0.3) is 0 Å². The van der Waals surface area contributed by atoms with Crippen LogP contribution in [0.25, 0.3) is 22.2 Å². The summed E-state index contributed by atoms with van der Waals surface area (Å²) in [5.41, 5.74) is 3.96. The van der Waals surface area contributed by atoms with Crippen LogP contribution in [-0.4, -0.2) is 9.97 Å². The molecule has 2 aromatic carbocycles. The van der Waals surface area contributed by atoms with Crippen LogP contribution in [0, 0.1) is 22.7 Å². The Morgan fingerprint density at radius 1 is 0.846 bits per heavy atom. The number of pyridine rings is 1. The van der Waals surface area contributed by atoms with Crippen molar-refractivity contribution in [1.82, 2.24) is 9.97 Å². The zero-order valence-electron chi connectivity index (χ0n) is 13.6. The Bertz CT molecular complexity index is 1160. The molecule has 5 nitrogen and oxygen atoms in total. The minimum Gasteiger partial charge on any atom is -0.439 e. The van der Waals surface area contributed by atoms with E-state index in [9.17, 15) is 0 Å². The van der Waals surface area contributed by atoms with Gasteiger partial charge in [-0.05, 0) is 48.5 Å². The van der Waals surface area contributed by atoms with E-state index in [1.807, 2.05) is 24.3 Å². The lowest BCUT2D eigenvalue weighted by atomic mass is 10.1. The van der Waals surface area contributed by atoms with Gasteiger partial charge in [-0.2, -0.15) is 10.5 Å². The van der Waals surface area contributed by atoms with Gasteiger partial charge >= 0.3 is 0 Å². The van der Waals surface area contributed by atoms with E-state index < -0.39 is 0 Å². The van der Waals surface area contributed by atoms with Crippen LogP contribution in [0.5, 0.6) is 11.6 Å². The minimum atomic E-state index is 0.473. The van der Waals surface area contributed by atoms with Crippen LogP contribution in [-0.2, 0) is 0 Å². The minimum absolute atomic E-state index is 0.473. The number of hydrogen-bond donors (Lipinski definition) is 1. The fourth-order valence-electron chi connectivity index (χ4n) is 2.67. The fraction of sp³-hybridized carbons (Fsp3) is 0. The molecule has 2 aromatic heterocycles. The molecule has 0 bridgehead atoms. The zero-order chi connectivity index (χ0) is 17.9. The lowest BCUT2D eigenvalue weighted by Gasteiger charge is -2.05. The topological polar surface area (TPSA) is 85.5 Å². The molecule has 0 aliphatic rings. The second-order valence-electron chi connectivity index (χ2n) is 5.72. The van der Waals surface area contributed by atoms with E-state index in [-0.39, 0.29) is 0 Å². The van der Waals surface area contributed by atoms with Crippen molar-refractivity contribution in [2.75, 3.05) is 0 Å². The number of ether oxygens (including phenoxy) is 1. The number of nitriles is 2. The number of H-pyrrole nitrogens is 1. The van der Waals surface area contributed by atoms with E-state index in [0.29, 0.717) is 22.8 Å². The molecule has 4 rings (SSSR count). The molecular weight excluding hydrogens is 324 g/mol. The van der Waals surface area contributed by atoms with Gasteiger partial charge in [-0.3, -0.25) is 0 Å². The van der Waals surface area contributed by atoms with Crippen LogP contribution in [0.1, 0.15) is 11.1 Å². The molecule has 122 valence electrons. The number of aromatic amines is 1. The van der Waals surface area contributed by atoms with Crippen molar-refractivity contribution in [3.8, 4) is 35.0 Å². The lowest BCUT2D eigenvalue weighted by Crippen LogP contribution is -1.88. The number of nitrogens with one attached hydrogen (secondary N) is 1. The monoisotopic (exact) mass is 336 g/mol. The van der Waals surface area contributed by atoms with Crippen molar-refractivity contribution in [1.29, 1.82) is 10.5 Å². The van der Waals surface area contributed by atoms with E-state index in [0.717, 1.165) is 22.2 Å². The number of rotatable bonds is 3. The van der Waals surface area contributed by atoms with Crippen molar-refractivity contribution < 1.29 is 4.74 Å². The molecule has 0 aliphatic carbocycles. The van der Waals surface area contributed by atoms with Crippen LogP contribution < -0.4 is 4.74 Å². The lowest BCUT2D eigenvalue weighted by molar-refractivity contribution is 0.463. The highest BCUT2D eigenvalue weighted by molar-refractivity contribution is 5.86. The average Bonchev–Trinajstić information content (AvgIpc) is 3.12. The first-order valence-corrected chi connectivity index (χ1v) is 7.92. The molecule has 1 N–H and O–H groups in total. The highest BCUT2D eigenvalue weighted by Gasteiger charge is 2.06. The number of nitrogens with zero attached hydrogens (tertiary/aromatic N) is 3. The molecule has 0 saturated heterocycles. The van der Waals surface area contributed by atoms with Crippen LogP contribution >= 0.6 is 0 Å². The van der Waals surface area contributed by atoms with Gasteiger partial charge in [0.2, 0.25) is 5.88 Å². The van der Waals surface area contributed by atoms with Crippen molar-refractivity contribution >= 4 is 10.9 Å². The smallest absolute Gasteiger partial charge is 0.219 e. The average molecular weight is 336 g/mol. The molecule has 0 fully saturated rings. The van der Waals surface area contributed by atoms with Gasteiger partial charge in [-0.1, -0.05) is 6.07 Å². The van der Waals surface area contributed by atoms with Gasteiger partial charge in [-0.15, -0.1) is 0 Å². The third-order valence-electron chi connectivity index (χ3n) is 4.00. The highest BCUT2D eigenvalue weighted by atomic mass is 16.5. The van der Waals surface area contributed by atoms with Crippen LogP contribution in [0.3, 0.4) is 0 Å².